The summed E-state index contributed by atoms with van der Waals surface area (Å²) in [4.78, 5) is 22.8. The molecule has 1 aromatic carbocycles. The van der Waals surface area contributed by atoms with Crippen LogP contribution in [0, 0.1) is 29.9 Å². The van der Waals surface area contributed by atoms with E-state index in [2.05, 4.69) is 5.32 Å². The first-order valence-electron chi connectivity index (χ1n) is 9.26. The van der Waals surface area contributed by atoms with Gasteiger partial charge in [-0.3, -0.25) is 14.9 Å². The van der Waals surface area contributed by atoms with E-state index in [0.29, 0.717) is 29.7 Å². The third-order valence-corrected chi connectivity index (χ3v) is 7.30. The molecule has 29 heavy (non-hydrogen) atoms. The van der Waals surface area contributed by atoms with Crippen LogP contribution in [0.2, 0.25) is 0 Å². The van der Waals surface area contributed by atoms with Gasteiger partial charge < -0.3 is 9.73 Å². The number of benzene rings is 1. The highest BCUT2D eigenvalue weighted by atomic mass is 32.2. The predicted octanol–water partition coefficient (Wildman–Crippen LogP) is 2.52. The number of non-ortho nitro benzene ring substituents is 1. The molecular weight excluding hydrogens is 398 g/mol. The van der Waals surface area contributed by atoms with Crippen LogP contribution < -0.4 is 5.32 Å². The molecular formula is C19H23N3O6S. The van der Waals surface area contributed by atoms with E-state index in [1.54, 1.807) is 26.0 Å². The number of nitrogens with zero attached hydrogens (tertiary/aromatic N) is 2. The first-order chi connectivity index (χ1) is 13.7. The molecule has 3 rings (SSSR count). The normalized spacial score (nSPS) is 15.9. The summed E-state index contributed by atoms with van der Waals surface area (Å²) in [5.74, 6) is 0.222. The number of carbonyl (C=O) groups is 1. The van der Waals surface area contributed by atoms with Gasteiger partial charge in [0, 0.05) is 31.1 Å². The van der Waals surface area contributed by atoms with E-state index in [1.807, 2.05) is 0 Å². The Morgan fingerprint density at radius 3 is 2.59 bits per heavy atom. The number of nitro benzene ring substituents is 1. The van der Waals surface area contributed by atoms with Crippen molar-refractivity contribution >= 4 is 21.6 Å². The van der Waals surface area contributed by atoms with Gasteiger partial charge in [0.2, 0.25) is 15.9 Å². The van der Waals surface area contributed by atoms with Crippen LogP contribution in [-0.4, -0.2) is 36.6 Å². The van der Waals surface area contributed by atoms with Crippen molar-refractivity contribution in [1.82, 2.24) is 9.62 Å². The average Bonchev–Trinajstić information content (AvgIpc) is 3.21. The quantitative estimate of drug-likeness (QED) is 0.565. The van der Waals surface area contributed by atoms with Crippen molar-refractivity contribution in [3.05, 3.63) is 57.5 Å². The summed E-state index contributed by atoms with van der Waals surface area (Å²) in [6.07, 6.45) is 2.30. The zero-order chi connectivity index (χ0) is 21.2. The number of furan rings is 1. The van der Waals surface area contributed by atoms with Gasteiger partial charge in [0.05, 0.1) is 22.6 Å². The first-order valence-corrected chi connectivity index (χ1v) is 10.7. The predicted molar refractivity (Wildman–Crippen MR) is 105 cm³/mol. The van der Waals surface area contributed by atoms with Crippen LogP contribution in [0.5, 0.6) is 0 Å². The molecule has 1 amide bonds. The van der Waals surface area contributed by atoms with E-state index in [9.17, 15) is 23.3 Å². The lowest BCUT2D eigenvalue weighted by Gasteiger charge is -2.31. The second-order valence-electron chi connectivity index (χ2n) is 7.12. The van der Waals surface area contributed by atoms with Gasteiger partial charge in [-0.15, -0.1) is 0 Å². The van der Waals surface area contributed by atoms with Gasteiger partial charge in [-0.25, -0.2) is 8.42 Å². The molecule has 156 valence electrons. The van der Waals surface area contributed by atoms with E-state index >= 15 is 0 Å². The zero-order valence-corrected chi connectivity index (χ0v) is 17.1. The Bertz CT molecular complexity index is 1010. The van der Waals surface area contributed by atoms with Crippen LogP contribution in [0.4, 0.5) is 5.69 Å². The van der Waals surface area contributed by atoms with Crippen LogP contribution in [0.1, 0.15) is 29.7 Å². The molecule has 1 saturated heterocycles. The zero-order valence-electron chi connectivity index (χ0n) is 16.3. The summed E-state index contributed by atoms with van der Waals surface area (Å²) in [6, 6.07) is 5.98. The molecule has 2 aromatic rings. The van der Waals surface area contributed by atoms with Crippen LogP contribution in [0.25, 0.3) is 0 Å². The summed E-state index contributed by atoms with van der Waals surface area (Å²) in [7, 11) is -3.89. The second-order valence-corrected chi connectivity index (χ2v) is 9.02. The first kappa shape index (κ1) is 21.0. The van der Waals surface area contributed by atoms with E-state index in [0.717, 1.165) is 6.07 Å². The lowest BCUT2D eigenvalue weighted by Crippen LogP contribution is -2.43. The molecule has 0 saturated carbocycles. The second kappa shape index (κ2) is 8.34. The highest BCUT2D eigenvalue weighted by molar-refractivity contribution is 7.89. The topological polar surface area (TPSA) is 123 Å². The van der Waals surface area contributed by atoms with Gasteiger partial charge in [0.25, 0.3) is 5.69 Å². The lowest BCUT2D eigenvalue weighted by molar-refractivity contribution is -0.385. The fraction of sp³-hybridized carbons (Fsp3) is 0.421. The van der Waals surface area contributed by atoms with E-state index in [4.69, 9.17) is 4.42 Å². The number of hydrogen-bond acceptors (Lipinski definition) is 6. The molecule has 1 aromatic heterocycles. The molecule has 2 heterocycles. The maximum absolute atomic E-state index is 13.1. The van der Waals surface area contributed by atoms with Gasteiger partial charge in [0.15, 0.2) is 0 Å². The van der Waals surface area contributed by atoms with Gasteiger partial charge in [0.1, 0.15) is 5.76 Å². The van der Waals surface area contributed by atoms with Gasteiger partial charge >= 0.3 is 0 Å². The molecule has 0 bridgehead atoms. The van der Waals surface area contributed by atoms with Crippen molar-refractivity contribution in [3.63, 3.8) is 0 Å². The highest BCUT2D eigenvalue weighted by Crippen LogP contribution is 2.30. The number of amides is 1. The van der Waals surface area contributed by atoms with Gasteiger partial charge in [-0.1, -0.05) is 0 Å². The van der Waals surface area contributed by atoms with E-state index < -0.39 is 14.9 Å². The lowest BCUT2D eigenvalue weighted by atomic mass is 9.97. The average molecular weight is 421 g/mol. The molecule has 1 aliphatic heterocycles. The smallest absolute Gasteiger partial charge is 0.271 e. The summed E-state index contributed by atoms with van der Waals surface area (Å²) in [5, 5.41) is 13.9. The van der Waals surface area contributed by atoms with Crippen LogP contribution >= 0.6 is 0 Å². The number of hydrogen-bond donors (Lipinski definition) is 1. The number of nitrogens with one attached hydrogen (secondary N) is 1. The molecule has 1 fully saturated rings. The highest BCUT2D eigenvalue weighted by Gasteiger charge is 2.34. The Hall–Kier alpha value is -2.72. The number of nitro groups is 1. The Kier molecular flexibility index (Phi) is 6.04. The van der Waals surface area contributed by atoms with Crippen molar-refractivity contribution in [3.8, 4) is 0 Å². The number of carbonyl (C=O) groups excluding carboxylic acids is 1. The largest absolute Gasteiger partial charge is 0.467 e. The Balaban J connectivity index is 1.68. The number of piperidine rings is 1. The minimum atomic E-state index is -3.89. The monoisotopic (exact) mass is 421 g/mol. The van der Waals surface area contributed by atoms with Gasteiger partial charge in [-0.2, -0.15) is 4.31 Å². The molecule has 1 aliphatic rings. The van der Waals surface area contributed by atoms with E-state index in [-0.39, 0.29) is 42.0 Å². The number of rotatable bonds is 6. The standard InChI is InChI=1S/C19H23N3O6S/c1-13-10-16(22(24)25)11-18(14(13)2)29(26,27)21-7-5-15(6-8-21)19(23)20-12-17-4-3-9-28-17/h3-4,9-11,15H,5-8,12H2,1-2H3,(H,20,23). The number of sulfonamides is 1. The SMILES string of the molecule is Cc1cc([N+](=O)[O-])cc(S(=O)(=O)N2CCC(C(=O)NCc3ccco3)CC2)c1C. The molecule has 0 atom stereocenters. The van der Waals surface area contributed by atoms with Gasteiger partial charge in [-0.05, 0) is 49.9 Å². The third-order valence-electron chi connectivity index (χ3n) is 5.27. The van der Waals surface area contributed by atoms with Crippen molar-refractivity contribution in [1.29, 1.82) is 0 Å². The number of aryl methyl sites for hydroxylation is 1. The Labute approximate surface area is 168 Å². The van der Waals surface area contributed by atoms with Crippen LogP contribution in [-0.2, 0) is 21.4 Å². The van der Waals surface area contributed by atoms with Crippen molar-refractivity contribution in [2.75, 3.05) is 13.1 Å². The maximum atomic E-state index is 13.1. The Morgan fingerprint density at radius 2 is 2.00 bits per heavy atom. The molecule has 0 spiro atoms. The fourth-order valence-corrected chi connectivity index (χ4v) is 5.20. The minimum Gasteiger partial charge on any atom is -0.467 e. The summed E-state index contributed by atoms with van der Waals surface area (Å²) in [5.41, 5.74) is 0.790. The molecule has 1 N–H and O–H groups in total. The molecule has 0 aliphatic carbocycles. The van der Waals surface area contributed by atoms with Crippen molar-refractivity contribution in [2.45, 2.75) is 38.1 Å². The molecule has 0 radical (unpaired) electrons. The fourth-order valence-electron chi connectivity index (χ4n) is 3.41. The molecule has 10 heteroatoms. The van der Waals surface area contributed by atoms with Crippen molar-refractivity contribution in [2.24, 2.45) is 5.92 Å². The molecule has 0 unspecified atom stereocenters. The summed E-state index contributed by atoms with van der Waals surface area (Å²) >= 11 is 0. The summed E-state index contributed by atoms with van der Waals surface area (Å²) < 4.78 is 32.6. The maximum Gasteiger partial charge on any atom is 0.271 e. The van der Waals surface area contributed by atoms with Crippen LogP contribution in [0.3, 0.4) is 0 Å². The van der Waals surface area contributed by atoms with E-state index in [1.165, 1.54) is 16.6 Å². The molecule has 9 nitrogen and oxygen atoms in total. The minimum absolute atomic E-state index is 0.0510. The summed E-state index contributed by atoms with van der Waals surface area (Å²) in [6.45, 7) is 3.94. The Morgan fingerprint density at radius 1 is 1.31 bits per heavy atom. The van der Waals surface area contributed by atoms with Crippen LogP contribution in [0.15, 0.2) is 39.8 Å². The third kappa shape index (κ3) is 4.48. The van der Waals surface area contributed by atoms with Crippen molar-refractivity contribution < 1.29 is 22.6 Å².